The number of aromatic nitrogens is 1. The van der Waals surface area contributed by atoms with Gasteiger partial charge in [0.2, 0.25) is 0 Å². The van der Waals surface area contributed by atoms with Crippen LogP contribution in [0.5, 0.6) is 0 Å². The number of thiazole rings is 1. The molecule has 0 amide bonds. The van der Waals surface area contributed by atoms with Gasteiger partial charge in [-0.05, 0) is 29.9 Å². The van der Waals surface area contributed by atoms with Gasteiger partial charge in [-0.3, -0.25) is 0 Å². The van der Waals surface area contributed by atoms with Crippen LogP contribution in [0, 0.1) is 24.2 Å². The average Bonchev–Trinajstić information content (AvgIpc) is 2.87. The first-order chi connectivity index (χ1) is 8.13. The first kappa shape index (κ1) is 12.3. The van der Waals surface area contributed by atoms with Crippen molar-refractivity contribution in [1.82, 2.24) is 4.98 Å². The maximum absolute atomic E-state index is 9.16. The van der Waals surface area contributed by atoms with Crippen LogP contribution in [0.2, 0.25) is 0 Å². The predicted octanol–water partition coefficient (Wildman–Crippen LogP) is 4.44. The zero-order valence-electron chi connectivity index (χ0n) is 10.1. The van der Waals surface area contributed by atoms with Crippen molar-refractivity contribution in [3.8, 4) is 16.0 Å². The summed E-state index contributed by atoms with van der Waals surface area (Å²) in [5.41, 5.74) is 2.17. The van der Waals surface area contributed by atoms with Crippen molar-refractivity contribution >= 4 is 22.7 Å². The van der Waals surface area contributed by atoms with Crippen LogP contribution < -0.4 is 0 Å². The molecule has 88 valence electrons. The second-order valence-corrected chi connectivity index (χ2v) is 6.14. The summed E-state index contributed by atoms with van der Waals surface area (Å²) in [6, 6.07) is 4.44. The molecule has 0 radical (unpaired) electrons. The summed E-state index contributed by atoms with van der Waals surface area (Å²) in [7, 11) is 0. The number of hydrogen-bond donors (Lipinski definition) is 0. The molecule has 0 saturated heterocycles. The van der Waals surface area contributed by atoms with Gasteiger partial charge in [-0.25, -0.2) is 4.98 Å². The summed E-state index contributed by atoms with van der Waals surface area (Å²) in [6.07, 6.45) is 0. The van der Waals surface area contributed by atoms with Crippen molar-refractivity contribution in [2.24, 2.45) is 5.92 Å². The Morgan fingerprint density at radius 3 is 2.65 bits per heavy atom. The Labute approximate surface area is 110 Å². The second-order valence-electron chi connectivity index (χ2n) is 4.36. The minimum atomic E-state index is -0.0970. The molecule has 1 unspecified atom stereocenters. The number of aryl methyl sites for hydroxylation is 1. The normalized spacial score (nSPS) is 12.6. The molecule has 2 heterocycles. The maximum Gasteiger partial charge on any atom is 0.133 e. The van der Waals surface area contributed by atoms with E-state index >= 15 is 0 Å². The van der Waals surface area contributed by atoms with Gasteiger partial charge in [0.05, 0.1) is 22.6 Å². The van der Waals surface area contributed by atoms with Gasteiger partial charge in [0.15, 0.2) is 0 Å². The molecule has 0 aliphatic rings. The Kier molecular flexibility index (Phi) is 3.60. The summed E-state index contributed by atoms with van der Waals surface area (Å²) < 4.78 is 0. The van der Waals surface area contributed by atoms with Crippen molar-refractivity contribution < 1.29 is 0 Å². The maximum atomic E-state index is 9.16. The van der Waals surface area contributed by atoms with E-state index in [1.807, 2.05) is 5.38 Å². The molecule has 4 heteroatoms. The summed E-state index contributed by atoms with van der Waals surface area (Å²) in [5.74, 6) is 0.208. The number of hydrogen-bond acceptors (Lipinski definition) is 4. The fourth-order valence-electron chi connectivity index (χ4n) is 1.68. The fourth-order valence-corrected chi connectivity index (χ4v) is 3.64. The average molecular weight is 262 g/mol. The largest absolute Gasteiger partial charge is 0.239 e. The first-order valence-corrected chi connectivity index (χ1v) is 7.29. The number of thiophene rings is 1. The minimum absolute atomic E-state index is 0.0970. The van der Waals surface area contributed by atoms with Crippen LogP contribution in [0.1, 0.15) is 31.0 Å². The molecule has 0 aromatic carbocycles. The Morgan fingerprint density at radius 1 is 1.35 bits per heavy atom. The molecule has 0 aliphatic carbocycles. The number of nitriles is 1. The molecule has 0 saturated carbocycles. The van der Waals surface area contributed by atoms with E-state index in [1.165, 1.54) is 10.4 Å². The summed E-state index contributed by atoms with van der Waals surface area (Å²) in [6.45, 7) is 6.21. The zero-order valence-corrected chi connectivity index (χ0v) is 11.7. The molecule has 1 atom stereocenters. The lowest BCUT2D eigenvalue weighted by atomic mass is 9.95. The van der Waals surface area contributed by atoms with Crippen molar-refractivity contribution in [1.29, 1.82) is 5.26 Å². The molecule has 0 bridgehead atoms. The van der Waals surface area contributed by atoms with Crippen molar-refractivity contribution in [2.45, 2.75) is 26.7 Å². The van der Waals surface area contributed by atoms with E-state index in [0.29, 0.717) is 5.92 Å². The molecular weight excluding hydrogens is 248 g/mol. The number of rotatable bonds is 3. The van der Waals surface area contributed by atoms with E-state index in [1.54, 1.807) is 22.7 Å². The van der Waals surface area contributed by atoms with Crippen LogP contribution in [0.3, 0.4) is 0 Å². The molecule has 17 heavy (non-hydrogen) atoms. The van der Waals surface area contributed by atoms with Gasteiger partial charge in [0, 0.05) is 5.38 Å². The highest BCUT2D eigenvalue weighted by atomic mass is 32.1. The van der Waals surface area contributed by atoms with E-state index in [4.69, 9.17) is 5.26 Å². The lowest BCUT2D eigenvalue weighted by Gasteiger charge is -2.08. The summed E-state index contributed by atoms with van der Waals surface area (Å²) in [4.78, 5) is 5.84. The molecule has 2 nitrogen and oxygen atoms in total. The van der Waals surface area contributed by atoms with Crippen LogP contribution >= 0.6 is 22.7 Å². The topological polar surface area (TPSA) is 36.7 Å². The zero-order chi connectivity index (χ0) is 12.4. The lowest BCUT2D eigenvalue weighted by Crippen LogP contribution is -2.04. The molecule has 2 aromatic rings. The molecule has 2 aromatic heterocycles. The highest BCUT2D eigenvalue weighted by Crippen LogP contribution is 2.34. The number of nitrogens with zero attached hydrogens (tertiary/aromatic N) is 2. The summed E-state index contributed by atoms with van der Waals surface area (Å²) in [5, 5.41) is 14.3. The van der Waals surface area contributed by atoms with Crippen molar-refractivity contribution in [3.05, 3.63) is 28.1 Å². The van der Waals surface area contributed by atoms with Crippen LogP contribution in [0.4, 0.5) is 0 Å². The molecule has 0 spiro atoms. The molecule has 2 rings (SSSR count). The van der Waals surface area contributed by atoms with Gasteiger partial charge in [-0.2, -0.15) is 5.26 Å². The summed E-state index contributed by atoms with van der Waals surface area (Å²) >= 11 is 3.34. The Hall–Kier alpha value is -1.18. The van der Waals surface area contributed by atoms with E-state index < -0.39 is 0 Å². The van der Waals surface area contributed by atoms with E-state index in [0.717, 1.165) is 10.7 Å². The highest BCUT2D eigenvalue weighted by molar-refractivity contribution is 7.20. The Balaban J connectivity index is 2.34. The minimum Gasteiger partial charge on any atom is -0.239 e. The van der Waals surface area contributed by atoms with Crippen LogP contribution in [0.15, 0.2) is 16.8 Å². The smallest absolute Gasteiger partial charge is 0.133 e. The quantitative estimate of drug-likeness (QED) is 0.819. The standard InChI is InChI=1S/C13H14N2S2/c1-8(2)10(6-14)11-7-17-13(15-11)12-9(3)4-5-16-12/h4-5,7-8,10H,1-3H3. The molecule has 0 fully saturated rings. The lowest BCUT2D eigenvalue weighted by molar-refractivity contribution is 0.578. The van der Waals surface area contributed by atoms with Gasteiger partial charge in [0.25, 0.3) is 0 Å². The van der Waals surface area contributed by atoms with E-state index in [2.05, 4.69) is 43.3 Å². The van der Waals surface area contributed by atoms with Crippen LogP contribution in [0.25, 0.3) is 9.88 Å². The second kappa shape index (κ2) is 4.99. The molecule has 0 N–H and O–H groups in total. The van der Waals surface area contributed by atoms with Gasteiger partial charge in [-0.15, -0.1) is 22.7 Å². The van der Waals surface area contributed by atoms with Gasteiger partial charge in [-0.1, -0.05) is 13.8 Å². The van der Waals surface area contributed by atoms with E-state index in [9.17, 15) is 0 Å². The van der Waals surface area contributed by atoms with Gasteiger partial charge >= 0.3 is 0 Å². The van der Waals surface area contributed by atoms with Gasteiger partial charge < -0.3 is 0 Å². The molecule has 0 aliphatic heterocycles. The molecular formula is C13H14N2S2. The predicted molar refractivity (Wildman–Crippen MR) is 73.4 cm³/mol. The SMILES string of the molecule is Cc1ccsc1-c1nc(C(C#N)C(C)C)cs1. The third-order valence-electron chi connectivity index (χ3n) is 2.70. The fraction of sp³-hybridized carbons (Fsp3) is 0.385. The van der Waals surface area contributed by atoms with Crippen molar-refractivity contribution in [2.75, 3.05) is 0 Å². The highest BCUT2D eigenvalue weighted by Gasteiger charge is 2.19. The Bertz CT molecular complexity index is 546. The monoisotopic (exact) mass is 262 g/mol. The first-order valence-electron chi connectivity index (χ1n) is 5.53. The van der Waals surface area contributed by atoms with Crippen molar-refractivity contribution in [3.63, 3.8) is 0 Å². The van der Waals surface area contributed by atoms with Crippen LogP contribution in [-0.4, -0.2) is 4.98 Å². The Morgan fingerprint density at radius 2 is 2.12 bits per heavy atom. The third kappa shape index (κ3) is 2.41. The van der Waals surface area contributed by atoms with Gasteiger partial charge in [0.1, 0.15) is 5.01 Å². The van der Waals surface area contributed by atoms with Crippen LogP contribution in [-0.2, 0) is 0 Å². The van der Waals surface area contributed by atoms with E-state index in [-0.39, 0.29) is 5.92 Å². The third-order valence-corrected chi connectivity index (χ3v) is 4.73.